The minimum Gasteiger partial charge on any atom is -0.394 e. The van der Waals surface area contributed by atoms with E-state index in [4.69, 9.17) is 9.84 Å². The van der Waals surface area contributed by atoms with Crippen molar-refractivity contribution < 1.29 is 30.1 Å². The van der Waals surface area contributed by atoms with Gasteiger partial charge in [0.2, 0.25) is 0 Å². The van der Waals surface area contributed by atoms with Gasteiger partial charge in [-0.2, -0.15) is 0 Å². The average Bonchev–Trinajstić information content (AvgIpc) is 2.76. The number of nitro groups is 1. The second-order valence-corrected chi connectivity index (χ2v) is 5.15. The fraction of sp³-hybridized carbons (Fsp3) is 0.538. The molecule has 5 atom stereocenters. The molecule has 0 saturated carbocycles. The highest BCUT2D eigenvalue weighted by atomic mass is 16.6. The Balaban J connectivity index is 2.12. The van der Waals surface area contributed by atoms with Crippen molar-refractivity contribution in [3.8, 4) is 0 Å². The van der Waals surface area contributed by atoms with Gasteiger partial charge in [-0.1, -0.05) is 0 Å². The number of benzene rings is 1. The van der Waals surface area contributed by atoms with Gasteiger partial charge in [0.15, 0.2) is 6.23 Å². The van der Waals surface area contributed by atoms with Crippen molar-refractivity contribution in [1.29, 1.82) is 0 Å². The highest BCUT2D eigenvalue weighted by Gasteiger charge is 2.45. The third kappa shape index (κ3) is 3.18. The van der Waals surface area contributed by atoms with Gasteiger partial charge >= 0.3 is 0 Å². The molecule has 22 heavy (non-hydrogen) atoms. The number of nitrogens with one attached hydrogen (secondary N) is 1. The Bertz CT molecular complexity index is 553. The number of nitro benzene ring substituents is 1. The molecule has 0 spiro atoms. The number of non-ortho nitro benzene ring substituents is 1. The van der Waals surface area contributed by atoms with Gasteiger partial charge in [-0.05, 0) is 18.6 Å². The van der Waals surface area contributed by atoms with Gasteiger partial charge in [0.05, 0.1) is 11.5 Å². The highest BCUT2D eigenvalue weighted by molar-refractivity contribution is 5.55. The Kier molecular flexibility index (Phi) is 4.94. The van der Waals surface area contributed by atoms with E-state index in [0.29, 0.717) is 11.3 Å². The van der Waals surface area contributed by atoms with E-state index in [2.05, 4.69) is 5.32 Å². The molecule has 0 bridgehead atoms. The molecule has 5 N–H and O–H groups in total. The molecule has 1 aliphatic heterocycles. The largest absolute Gasteiger partial charge is 0.394 e. The van der Waals surface area contributed by atoms with Crippen LogP contribution in [0.15, 0.2) is 18.2 Å². The van der Waals surface area contributed by atoms with Crippen molar-refractivity contribution >= 4 is 11.4 Å². The molecule has 1 aromatic carbocycles. The van der Waals surface area contributed by atoms with Gasteiger partial charge < -0.3 is 30.5 Å². The predicted octanol–water partition coefficient (Wildman–Crippen LogP) is -0.885. The van der Waals surface area contributed by atoms with Gasteiger partial charge in [-0.15, -0.1) is 0 Å². The van der Waals surface area contributed by atoms with Crippen LogP contribution in [0.2, 0.25) is 0 Å². The molecular formula is C13H18N2O7. The summed E-state index contributed by atoms with van der Waals surface area (Å²) < 4.78 is 5.32. The molecule has 0 aliphatic carbocycles. The van der Waals surface area contributed by atoms with Crippen LogP contribution in [0, 0.1) is 17.0 Å². The maximum absolute atomic E-state index is 10.7. The predicted molar refractivity (Wildman–Crippen MR) is 75.2 cm³/mol. The van der Waals surface area contributed by atoms with Crippen LogP contribution in [-0.2, 0) is 4.74 Å². The minimum atomic E-state index is -1.36. The quantitative estimate of drug-likeness (QED) is 0.348. The number of aliphatic hydroxyl groups excluding tert-OH is 4. The first-order chi connectivity index (χ1) is 10.3. The third-order valence-corrected chi connectivity index (χ3v) is 3.59. The Morgan fingerprint density at radius 3 is 2.64 bits per heavy atom. The van der Waals surface area contributed by atoms with E-state index in [9.17, 15) is 25.4 Å². The zero-order chi connectivity index (χ0) is 16.4. The van der Waals surface area contributed by atoms with Crippen LogP contribution in [0.5, 0.6) is 0 Å². The molecule has 9 heteroatoms. The van der Waals surface area contributed by atoms with E-state index in [1.165, 1.54) is 18.2 Å². The number of ether oxygens (including phenoxy) is 1. The molecule has 1 heterocycles. The molecular weight excluding hydrogens is 296 g/mol. The van der Waals surface area contributed by atoms with Crippen LogP contribution in [0.1, 0.15) is 5.56 Å². The summed E-state index contributed by atoms with van der Waals surface area (Å²) >= 11 is 0. The lowest BCUT2D eigenvalue weighted by Gasteiger charge is -2.20. The summed E-state index contributed by atoms with van der Waals surface area (Å²) in [5.41, 5.74) is 0.983. The molecule has 0 aromatic heterocycles. The maximum atomic E-state index is 10.7. The van der Waals surface area contributed by atoms with Crippen molar-refractivity contribution in [3.05, 3.63) is 33.9 Å². The molecule has 9 nitrogen and oxygen atoms in total. The molecule has 0 radical (unpaired) electrons. The van der Waals surface area contributed by atoms with Crippen LogP contribution in [0.3, 0.4) is 0 Å². The van der Waals surface area contributed by atoms with Crippen LogP contribution >= 0.6 is 0 Å². The summed E-state index contributed by atoms with van der Waals surface area (Å²) in [5.74, 6) is 0. The van der Waals surface area contributed by atoms with E-state index >= 15 is 0 Å². The van der Waals surface area contributed by atoms with E-state index in [1.807, 2.05) is 0 Å². The fourth-order valence-electron chi connectivity index (χ4n) is 2.32. The summed E-state index contributed by atoms with van der Waals surface area (Å²) in [5, 5.41) is 51.7. The second-order valence-electron chi connectivity index (χ2n) is 5.15. The third-order valence-electron chi connectivity index (χ3n) is 3.59. The first-order valence-electron chi connectivity index (χ1n) is 6.67. The van der Waals surface area contributed by atoms with Gasteiger partial charge in [0.1, 0.15) is 24.4 Å². The smallest absolute Gasteiger partial charge is 0.269 e. The van der Waals surface area contributed by atoms with Gasteiger partial charge in [0, 0.05) is 17.8 Å². The minimum absolute atomic E-state index is 0.0652. The summed E-state index contributed by atoms with van der Waals surface area (Å²) in [6.07, 6.45) is -6.15. The maximum Gasteiger partial charge on any atom is 0.269 e. The number of anilines is 1. The SMILES string of the molecule is Cc1cc([N+](=O)[O-])ccc1NC1OC(C(O)CO)C(O)C1O. The van der Waals surface area contributed by atoms with Gasteiger partial charge in [-0.3, -0.25) is 10.1 Å². The Morgan fingerprint density at radius 1 is 1.41 bits per heavy atom. The van der Waals surface area contributed by atoms with Crippen molar-refractivity contribution in [3.63, 3.8) is 0 Å². The summed E-state index contributed by atoms with van der Waals surface area (Å²) in [6, 6.07) is 4.12. The van der Waals surface area contributed by atoms with E-state index in [-0.39, 0.29) is 5.69 Å². The lowest BCUT2D eigenvalue weighted by atomic mass is 10.1. The van der Waals surface area contributed by atoms with E-state index < -0.39 is 42.2 Å². The fourth-order valence-corrected chi connectivity index (χ4v) is 2.32. The number of rotatable bonds is 5. The Labute approximate surface area is 125 Å². The molecule has 1 fully saturated rings. The highest BCUT2D eigenvalue weighted by Crippen LogP contribution is 2.28. The lowest BCUT2D eigenvalue weighted by molar-refractivity contribution is -0.384. The van der Waals surface area contributed by atoms with E-state index in [0.717, 1.165) is 0 Å². The summed E-state index contributed by atoms with van der Waals surface area (Å²) in [4.78, 5) is 10.2. The zero-order valence-electron chi connectivity index (χ0n) is 11.8. The molecule has 0 amide bonds. The Hall–Kier alpha value is -1.78. The molecule has 1 aromatic rings. The van der Waals surface area contributed by atoms with Crippen molar-refractivity contribution in [2.24, 2.45) is 0 Å². The van der Waals surface area contributed by atoms with Crippen LogP contribution in [0.4, 0.5) is 11.4 Å². The lowest BCUT2D eigenvalue weighted by Crippen LogP contribution is -2.40. The Morgan fingerprint density at radius 2 is 2.09 bits per heavy atom. The molecule has 122 valence electrons. The summed E-state index contributed by atoms with van der Waals surface area (Å²) in [7, 11) is 0. The van der Waals surface area contributed by atoms with Gasteiger partial charge in [0.25, 0.3) is 5.69 Å². The standard InChI is InChI=1S/C13H18N2O7/c1-6-4-7(15(20)21)2-3-8(6)14-13-11(19)10(18)12(22-13)9(17)5-16/h2-4,9-14,16-19H,5H2,1H3. The first-order valence-corrected chi connectivity index (χ1v) is 6.67. The van der Waals surface area contributed by atoms with Crippen molar-refractivity contribution in [1.82, 2.24) is 0 Å². The topological polar surface area (TPSA) is 145 Å². The number of nitrogens with zero attached hydrogens (tertiary/aromatic N) is 1. The number of hydrogen-bond acceptors (Lipinski definition) is 8. The molecule has 5 unspecified atom stereocenters. The van der Waals surface area contributed by atoms with Crippen molar-refractivity contribution in [2.75, 3.05) is 11.9 Å². The first kappa shape index (κ1) is 16.6. The average molecular weight is 314 g/mol. The molecule has 1 saturated heterocycles. The van der Waals surface area contributed by atoms with Crippen molar-refractivity contribution in [2.45, 2.75) is 37.6 Å². The number of aliphatic hydroxyl groups is 4. The zero-order valence-corrected chi connectivity index (χ0v) is 11.8. The van der Waals surface area contributed by atoms with Crippen LogP contribution in [-0.4, -0.2) is 62.6 Å². The van der Waals surface area contributed by atoms with Gasteiger partial charge in [-0.25, -0.2) is 0 Å². The normalized spacial score (nSPS) is 29.3. The molecule has 2 rings (SSSR count). The number of hydrogen-bond donors (Lipinski definition) is 5. The van der Waals surface area contributed by atoms with Crippen LogP contribution < -0.4 is 5.32 Å². The number of aryl methyl sites for hydroxylation is 1. The molecule has 1 aliphatic rings. The monoisotopic (exact) mass is 314 g/mol. The second kappa shape index (κ2) is 6.55. The van der Waals surface area contributed by atoms with E-state index in [1.54, 1.807) is 6.92 Å². The summed E-state index contributed by atoms with van der Waals surface area (Å²) in [6.45, 7) is 1.03. The van der Waals surface area contributed by atoms with Crippen LogP contribution in [0.25, 0.3) is 0 Å².